The lowest BCUT2D eigenvalue weighted by Crippen LogP contribution is -2.25. The Balaban J connectivity index is 3.02. The lowest BCUT2D eigenvalue weighted by molar-refractivity contribution is -0.152. The first-order valence-electron chi connectivity index (χ1n) is 5.58. The second kappa shape index (κ2) is 6.33. The molecule has 1 aromatic heterocycles. The molecule has 0 atom stereocenters. The summed E-state index contributed by atoms with van der Waals surface area (Å²) in [6.07, 6.45) is 0. The van der Waals surface area contributed by atoms with Crippen molar-refractivity contribution < 1.29 is 23.9 Å². The highest BCUT2D eigenvalue weighted by Gasteiger charge is 2.24. The maximum absolute atomic E-state index is 11.7. The van der Waals surface area contributed by atoms with E-state index in [1.807, 2.05) is 6.92 Å². The summed E-state index contributed by atoms with van der Waals surface area (Å²) >= 11 is 1.21. The molecule has 7 heteroatoms. The van der Waals surface area contributed by atoms with Gasteiger partial charge in [-0.25, -0.2) is 9.59 Å². The second-order valence-electron chi connectivity index (χ2n) is 3.65. The van der Waals surface area contributed by atoms with E-state index in [-0.39, 0.29) is 12.2 Å². The largest absolute Gasteiger partial charge is 0.465 e. The van der Waals surface area contributed by atoms with Crippen LogP contribution < -0.4 is 5.32 Å². The molecule has 0 aliphatic carbocycles. The van der Waals surface area contributed by atoms with Gasteiger partial charge in [0.05, 0.1) is 19.3 Å². The number of anilines is 1. The molecule has 0 aromatic carbocycles. The van der Waals surface area contributed by atoms with Crippen LogP contribution in [0.1, 0.15) is 27.7 Å². The summed E-state index contributed by atoms with van der Waals surface area (Å²) in [5.41, 5.74) is 0.985. The zero-order chi connectivity index (χ0) is 14.6. The molecule has 0 spiro atoms. The average Bonchev–Trinajstić information content (AvgIpc) is 2.64. The van der Waals surface area contributed by atoms with Crippen LogP contribution >= 0.6 is 11.3 Å². The van der Waals surface area contributed by atoms with Gasteiger partial charge in [-0.3, -0.25) is 4.79 Å². The molecule has 1 aromatic rings. The molecule has 0 unspecified atom stereocenters. The minimum atomic E-state index is -0.984. The number of rotatable bonds is 3. The van der Waals surface area contributed by atoms with E-state index in [0.717, 1.165) is 10.4 Å². The quantitative estimate of drug-likeness (QED) is 0.674. The van der Waals surface area contributed by atoms with Gasteiger partial charge in [0, 0.05) is 4.88 Å². The van der Waals surface area contributed by atoms with Crippen LogP contribution in [0.3, 0.4) is 0 Å². The van der Waals surface area contributed by atoms with Gasteiger partial charge in [-0.1, -0.05) is 0 Å². The zero-order valence-electron chi connectivity index (χ0n) is 11.2. The highest BCUT2D eigenvalue weighted by atomic mass is 32.1. The van der Waals surface area contributed by atoms with Crippen molar-refractivity contribution in [3.8, 4) is 0 Å². The predicted octanol–water partition coefficient (Wildman–Crippen LogP) is 1.65. The third-order valence-electron chi connectivity index (χ3n) is 2.46. The molecule has 104 valence electrons. The van der Waals surface area contributed by atoms with Crippen LogP contribution in [-0.4, -0.2) is 31.6 Å². The van der Waals surface area contributed by atoms with Crippen molar-refractivity contribution in [2.24, 2.45) is 0 Å². The van der Waals surface area contributed by atoms with E-state index in [9.17, 15) is 14.4 Å². The molecule has 0 radical (unpaired) electrons. The number of hydrogen-bond donors (Lipinski definition) is 1. The summed E-state index contributed by atoms with van der Waals surface area (Å²) in [5, 5.41) is 2.67. The van der Waals surface area contributed by atoms with Crippen molar-refractivity contribution in [3.05, 3.63) is 16.0 Å². The Kier molecular flexibility index (Phi) is 5.05. The van der Waals surface area contributed by atoms with E-state index >= 15 is 0 Å². The monoisotopic (exact) mass is 285 g/mol. The Morgan fingerprint density at radius 3 is 2.42 bits per heavy atom. The number of esters is 2. The van der Waals surface area contributed by atoms with Gasteiger partial charge in [0.15, 0.2) is 0 Å². The number of amides is 1. The maximum atomic E-state index is 11.7. The van der Waals surface area contributed by atoms with Crippen LogP contribution in [0.2, 0.25) is 0 Å². The van der Waals surface area contributed by atoms with Crippen molar-refractivity contribution >= 4 is 34.2 Å². The Morgan fingerprint density at radius 1 is 1.26 bits per heavy atom. The number of thiophene rings is 1. The smallest absolute Gasteiger partial charge is 0.397 e. The highest BCUT2D eigenvalue weighted by Crippen LogP contribution is 2.32. The van der Waals surface area contributed by atoms with Gasteiger partial charge in [-0.05, 0) is 26.3 Å². The standard InChI is InChI=1S/C12H15NO5S/c1-5-18-12(16)9(14)13-10-8(11(15)17-4)6(2)7(3)19-10/h5H2,1-4H3,(H,13,14). The Hall–Kier alpha value is -1.89. The van der Waals surface area contributed by atoms with E-state index < -0.39 is 17.8 Å². The summed E-state index contributed by atoms with van der Waals surface area (Å²) < 4.78 is 9.24. The summed E-state index contributed by atoms with van der Waals surface area (Å²) in [5.74, 6) is -2.45. The lowest BCUT2D eigenvalue weighted by Gasteiger charge is -2.05. The van der Waals surface area contributed by atoms with Gasteiger partial charge in [-0.2, -0.15) is 0 Å². The number of carbonyl (C=O) groups is 3. The second-order valence-corrected chi connectivity index (χ2v) is 4.88. The average molecular weight is 285 g/mol. The van der Waals surface area contributed by atoms with Gasteiger partial charge in [0.1, 0.15) is 5.00 Å². The first-order valence-corrected chi connectivity index (χ1v) is 6.40. The Bertz CT molecular complexity index is 520. The normalized spacial score (nSPS) is 9.89. The molecule has 6 nitrogen and oxygen atoms in total. The predicted molar refractivity (Wildman–Crippen MR) is 70.4 cm³/mol. The van der Waals surface area contributed by atoms with E-state index in [1.165, 1.54) is 18.4 Å². The highest BCUT2D eigenvalue weighted by molar-refractivity contribution is 7.17. The summed E-state index contributed by atoms with van der Waals surface area (Å²) in [4.78, 5) is 35.3. The zero-order valence-corrected chi connectivity index (χ0v) is 12.0. The van der Waals surface area contributed by atoms with Crippen molar-refractivity contribution in [1.82, 2.24) is 0 Å². The molecule has 1 amide bonds. The number of hydrogen-bond acceptors (Lipinski definition) is 6. The van der Waals surface area contributed by atoms with Gasteiger partial charge in [-0.15, -0.1) is 11.3 Å². The van der Waals surface area contributed by atoms with Crippen molar-refractivity contribution in [2.75, 3.05) is 19.0 Å². The molecule has 1 rings (SSSR count). The fraction of sp³-hybridized carbons (Fsp3) is 0.417. The third-order valence-corrected chi connectivity index (χ3v) is 3.59. The topological polar surface area (TPSA) is 81.7 Å². The molecule has 1 N–H and O–H groups in total. The molecule has 1 heterocycles. The molecular formula is C12H15NO5S. The minimum absolute atomic E-state index is 0.110. The van der Waals surface area contributed by atoms with Crippen LogP contribution in [-0.2, 0) is 19.1 Å². The first kappa shape index (κ1) is 15.2. The number of carbonyl (C=O) groups excluding carboxylic acids is 3. The van der Waals surface area contributed by atoms with Crippen molar-refractivity contribution in [1.29, 1.82) is 0 Å². The molecule has 0 bridgehead atoms. The Morgan fingerprint density at radius 2 is 1.89 bits per heavy atom. The van der Waals surface area contributed by atoms with Crippen LogP contribution in [0.25, 0.3) is 0 Å². The minimum Gasteiger partial charge on any atom is -0.465 e. The molecule has 0 aliphatic heterocycles. The fourth-order valence-electron chi connectivity index (χ4n) is 1.41. The van der Waals surface area contributed by atoms with Crippen LogP contribution in [0, 0.1) is 13.8 Å². The fourth-order valence-corrected chi connectivity index (χ4v) is 2.46. The number of aryl methyl sites for hydroxylation is 1. The number of nitrogens with one attached hydrogen (secondary N) is 1. The molecule has 19 heavy (non-hydrogen) atoms. The molecule has 0 saturated heterocycles. The van der Waals surface area contributed by atoms with Gasteiger partial charge >= 0.3 is 17.8 Å². The molecule has 0 saturated carbocycles. The molecular weight excluding hydrogens is 270 g/mol. The van der Waals surface area contributed by atoms with E-state index in [2.05, 4.69) is 14.8 Å². The van der Waals surface area contributed by atoms with Gasteiger partial charge in [0.2, 0.25) is 0 Å². The third kappa shape index (κ3) is 3.31. The first-order chi connectivity index (χ1) is 8.92. The number of ether oxygens (including phenoxy) is 2. The maximum Gasteiger partial charge on any atom is 0.397 e. The summed E-state index contributed by atoms with van der Waals surface area (Å²) in [7, 11) is 1.26. The number of methoxy groups -OCH3 is 1. The van der Waals surface area contributed by atoms with Crippen molar-refractivity contribution in [3.63, 3.8) is 0 Å². The van der Waals surface area contributed by atoms with E-state index in [4.69, 9.17) is 0 Å². The van der Waals surface area contributed by atoms with Crippen LogP contribution in [0.5, 0.6) is 0 Å². The summed E-state index contributed by atoms with van der Waals surface area (Å²) in [6, 6.07) is 0. The van der Waals surface area contributed by atoms with Gasteiger partial charge in [0.25, 0.3) is 0 Å². The lowest BCUT2D eigenvalue weighted by atomic mass is 10.1. The van der Waals surface area contributed by atoms with E-state index in [0.29, 0.717) is 5.00 Å². The summed E-state index contributed by atoms with van der Waals surface area (Å²) in [6.45, 7) is 5.27. The van der Waals surface area contributed by atoms with E-state index in [1.54, 1.807) is 13.8 Å². The SMILES string of the molecule is CCOC(=O)C(=O)Nc1sc(C)c(C)c1C(=O)OC. The van der Waals surface area contributed by atoms with Crippen molar-refractivity contribution in [2.45, 2.75) is 20.8 Å². The molecule has 0 fully saturated rings. The Labute approximate surface area is 114 Å². The van der Waals surface area contributed by atoms with Crippen LogP contribution in [0.4, 0.5) is 5.00 Å². The molecule has 0 aliphatic rings. The van der Waals surface area contributed by atoms with Gasteiger partial charge < -0.3 is 14.8 Å². The van der Waals surface area contributed by atoms with Crippen LogP contribution in [0.15, 0.2) is 0 Å².